The van der Waals surface area contributed by atoms with E-state index in [0.29, 0.717) is 11.5 Å². The normalized spacial score (nSPS) is 13.9. The van der Waals surface area contributed by atoms with Crippen LogP contribution in [0.2, 0.25) is 0 Å². The number of hydrogen-bond acceptors (Lipinski definition) is 1. The molecule has 2 unspecified atom stereocenters. The first-order valence-corrected chi connectivity index (χ1v) is 8.10. The monoisotopic (exact) mass is 349 g/mol. The molecule has 0 bridgehead atoms. The van der Waals surface area contributed by atoms with Gasteiger partial charge in [0.2, 0.25) is 0 Å². The highest BCUT2D eigenvalue weighted by molar-refractivity contribution is 9.10. The SMILES string of the molecule is CC(CCNC(C)c1ccc(Br)cc1F)c1ccccc1. The molecule has 0 saturated heterocycles. The predicted octanol–water partition coefficient (Wildman–Crippen LogP) is 5.43. The van der Waals surface area contributed by atoms with Gasteiger partial charge in [-0.05, 0) is 43.5 Å². The van der Waals surface area contributed by atoms with E-state index in [0.717, 1.165) is 17.4 Å². The molecule has 0 amide bonds. The van der Waals surface area contributed by atoms with E-state index in [1.54, 1.807) is 0 Å². The van der Waals surface area contributed by atoms with Crippen LogP contribution in [0.3, 0.4) is 0 Å². The van der Waals surface area contributed by atoms with Gasteiger partial charge in [-0.15, -0.1) is 0 Å². The summed E-state index contributed by atoms with van der Waals surface area (Å²) < 4.78 is 14.7. The molecule has 1 nitrogen and oxygen atoms in total. The third-order valence-electron chi connectivity index (χ3n) is 3.83. The van der Waals surface area contributed by atoms with E-state index in [1.807, 2.05) is 25.1 Å². The molecular weight excluding hydrogens is 329 g/mol. The first-order chi connectivity index (χ1) is 10.1. The molecule has 0 heterocycles. The van der Waals surface area contributed by atoms with E-state index in [4.69, 9.17) is 0 Å². The maximum absolute atomic E-state index is 13.9. The zero-order chi connectivity index (χ0) is 15.2. The van der Waals surface area contributed by atoms with Crippen LogP contribution in [-0.2, 0) is 0 Å². The minimum Gasteiger partial charge on any atom is -0.310 e. The first-order valence-electron chi connectivity index (χ1n) is 7.31. The van der Waals surface area contributed by atoms with Gasteiger partial charge >= 0.3 is 0 Å². The van der Waals surface area contributed by atoms with Crippen LogP contribution >= 0.6 is 15.9 Å². The van der Waals surface area contributed by atoms with Gasteiger partial charge in [-0.2, -0.15) is 0 Å². The van der Waals surface area contributed by atoms with Crippen LogP contribution in [0.25, 0.3) is 0 Å². The molecule has 112 valence electrons. The first kappa shape index (κ1) is 16.2. The summed E-state index contributed by atoms with van der Waals surface area (Å²) in [5, 5.41) is 3.40. The Hall–Kier alpha value is -1.19. The lowest BCUT2D eigenvalue weighted by atomic mass is 9.97. The van der Waals surface area contributed by atoms with Gasteiger partial charge < -0.3 is 5.32 Å². The Bertz CT molecular complexity index is 571. The van der Waals surface area contributed by atoms with Gasteiger partial charge in [-0.1, -0.05) is 59.3 Å². The van der Waals surface area contributed by atoms with Crippen LogP contribution < -0.4 is 5.32 Å². The molecule has 0 aromatic heterocycles. The molecule has 0 spiro atoms. The number of nitrogens with one attached hydrogen (secondary N) is 1. The molecule has 0 aliphatic carbocycles. The second kappa shape index (κ2) is 7.71. The molecule has 2 aromatic rings. The molecule has 0 saturated carbocycles. The summed E-state index contributed by atoms with van der Waals surface area (Å²) in [5.74, 6) is 0.334. The van der Waals surface area contributed by atoms with Crippen molar-refractivity contribution in [2.75, 3.05) is 6.54 Å². The van der Waals surface area contributed by atoms with E-state index in [-0.39, 0.29) is 11.9 Å². The van der Waals surface area contributed by atoms with E-state index in [1.165, 1.54) is 11.6 Å². The van der Waals surface area contributed by atoms with Gasteiger partial charge in [0, 0.05) is 16.1 Å². The Labute approximate surface area is 134 Å². The highest BCUT2D eigenvalue weighted by Crippen LogP contribution is 2.22. The van der Waals surface area contributed by atoms with Crippen molar-refractivity contribution in [1.29, 1.82) is 0 Å². The lowest BCUT2D eigenvalue weighted by Gasteiger charge is -2.17. The van der Waals surface area contributed by atoms with Gasteiger partial charge in [-0.3, -0.25) is 0 Å². The lowest BCUT2D eigenvalue weighted by molar-refractivity contribution is 0.505. The number of benzene rings is 2. The molecule has 0 aliphatic rings. The van der Waals surface area contributed by atoms with Crippen molar-refractivity contribution < 1.29 is 4.39 Å². The van der Waals surface area contributed by atoms with Gasteiger partial charge in [0.1, 0.15) is 5.82 Å². The number of rotatable bonds is 6. The Balaban J connectivity index is 1.85. The van der Waals surface area contributed by atoms with Crippen molar-refractivity contribution >= 4 is 15.9 Å². The highest BCUT2D eigenvalue weighted by Gasteiger charge is 2.11. The Morgan fingerprint density at radius 1 is 1.10 bits per heavy atom. The fourth-order valence-corrected chi connectivity index (χ4v) is 2.76. The predicted molar refractivity (Wildman–Crippen MR) is 90.0 cm³/mol. The smallest absolute Gasteiger partial charge is 0.129 e. The molecule has 0 aliphatic heterocycles. The van der Waals surface area contributed by atoms with Gasteiger partial charge in [0.25, 0.3) is 0 Å². The summed E-state index contributed by atoms with van der Waals surface area (Å²) in [7, 11) is 0. The average Bonchev–Trinajstić information content (AvgIpc) is 2.47. The topological polar surface area (TPSA) is 12.0 Å². The minimum atomic E-state index is -0.166. The molecule has 0 radical (unpaired) electrons. The zero-order valence-corrected chi connectivity index (χ0v) is 14.0. The maximum atomic E-state index is 13.9. The third kappa shape index (κ3) is 4.65. The molecular formula is C18H21BrFN. The summed E-state index contributed by atoms with van der Waals surface area (Å²) in [6.07, 6.45) is 1.03. The summed E-state index contributed by atoms with van der Waals surface area (Å²) in [6, 6.07) is 15.7. The number of hydrogen-bond donors (Lipinski definition) is 1. The minimum absolute atomic E-state index is 0.0149. The molecule has 3 heteroatoms. The van der Waals surface area contributed by atoms with Gasteiger partial charge in [0.15, 0.2) is 0 Å². The van der Waals surface area contributed by atoms with Crippen LogP contribution in [0.5, 0.6) is 0 Å². The quantitative estimate of drug-likeness (QED) is 0.732. The second-order valence-electron chi connectivity index (χ2n) is 5.44. The maximum Gasteiger partial charge on any atom is 0.129 e. The summed E-state index contributed by atoms with van der Waals surface area (Å²) in [5.41, 5.74) is 2.06. The highest BCUT2D eigenvalue weighted by atomic mass is 79.9. The van der Waals surface area contributed by atoms with Gasteiger partial charge in [0.05, 0.1) is 0 Å². The summed E-state index contributed by atoms with van der Waals surface area (Å²) in [4.78, 5) is 0. The molecule has 0 fully saturated rings. The van der Waals surface area contributed by atoms with Crippen LogP contribution in [-0.4, -0.2) is 6.54 Å². The van der Waals surface area contributed by atoms with Crippen molar-refractivity contribution in [3.8, 4) is 0 Å². The van der Waals surface area contributed by atoms with E-state index >= 15 is 0 Å². The van der Waals surface area contributed by atoms with Crippen LogP contribution in [0.1, 0.15) is 43.4 Å². The second-order valence-corrected chi connectivity index (χ2v) is 6.36. The molecule has 2 aromatic carbocycles. The van der Waals surface area contributed by atoms with E-state index in [2.05, 4.69) is 52.4 Å². The van der Waals surface area contributed by atoms with Crippen molar-refractivity contribution in [2.45, 2.75) is 32.2 Å². The largest absolute Gasteiger partial charge is 0.310 e. The summed E-state index contributed by atoms with van der Waals surface area (Å²) in [6.45, 7) is 5.09. The van der Waals surface area contributed by atoms with Gasteiger partial charge in [-0.25, -0.2) is 4.39 Å². The van der Waals surface area contributed by atoms with Crippen molar-refractivity contribution in [3.05, 3.63) is 69.9 Å². The molecule has 2 rings (SSSR count). The summed E-state index contributed by atoms with van der Waals surface area (Å²) >= 11 is 3.28. The average molecular weight is 350 g/mol. The van der Waals surface area contributed by atoms with Crippen LogP contribution in [0, 0.1) is 5.82 Å². The van der Waals surface area contributed by atoms with Crippen molar-refractivity contribution in [2.24, 2.45) is 0 Å². The molecule has 2 atom stereocenters. The lowest BCUT2D eigenvalue weighted by Crippen LogP contribution is -2.22. The molecule has 1 N–H and O–H groups in total. The fraction of sp³-hybridized carbons (Fsp3) is 0.333. The van der Waals surface area contributed by atoms with Crippen molar-refractivity contribution in [1.82, 2.24) is 5.32 Å². The third-order valence-corrected chi connectivity index (χ3v) is 4.32. The van der Waals surface area contributed by atoms with Crippen LogP contribution in [0.15, 0.2) is 53.0 Å². The Morgan fingerprint density at radius 2 is 1.81 bits per heavy atom. The standard InChI is InChI=1S/C18H21BrFN/c1-13(15-6-4-3-5-7-15)10-11-21-14(2)17-9-8-16(19)12-18(17)20/h3-9,12-14,21H,10-11H2,1-2H3. The Kier molecular flexibility index (Phi) is 5.95. The fourth-order valence-electron chi connectivity index (χ4n) is 2.43. The molecule has 21 heavy (non-hydrogen) atoms. The number of halogens is 2. The van der Waals surface area contributed by atoms with E-state index in [9.17, 15) is 4.39 Å². The Morgan fingerprint density at radius 3 is 2.48 bits per heavy atom. The van der Waals surface area contributed by atoms with Crippen molar-refractivity contribution in [3.63, 3.8) is 0 Å². The van der Waals surface area contributed by atoms with E-state index < -0.39 is 0 Å². The van der Waals surface area contributed by atoms with Crippen LogP contribution in [0.4, 0.5) is 4.39 Å². The zero-order valence-electron chi connectivity index (χ0n) is 12.4.